The van der Waals surface area contributed by atoms with E-state index in [1.54, 1.807) is 25.5 Å². The molecule has 0 radical (unpaired) electrons. The second-order valence-corrected chi connectivity index (χ2v) is 6.08. The molecule has 0 N–H and O–H groups in total. The maximum atomic E-state index is 11.5. The molecule has 3 nitrogen and oxygen atoms in total. The van der Waals surface area contributed by atoms with Gasteiger partial charge in [-0.2, -0.15) is 0 Å². The third kappa shape index (κ3) is 2.02. The molecule has 0 aliphatic heterocycles. The SMILES string of the molecule is CP(C)(=O)c1cc(C=O)ccn1. The van der Waals surface area contributed by atoms with Crippen LogP contribution in [0.4, 0.5) is 0 Å². The molecule has 0 atom stereocenters. The van der Waals surface area contributed by atoms with E-state index < -0.39 is 7.14 Å². The van der Waals surface area contributed by atoms with E-state index >= 15 is 0 Å². The number of rotatable bonds is 2. The van der Waals surface area contributed by atoms with Gasteiger partial charge in [0.2, 0.25) is 0 Å². The van der Waals surface area contributed by atoms with Gasteiger partial charge in [-0.05, 0) is 25.5 Å². The summed E-state index contributed by atoms with van der Waals surface area (Å²) in [7, 11) is -2.33. The van der Waals surface area contributed by atoms with Gasteiger partial charge in [-0.1, -0.05) is 0 Å². The Hall–Kier alpha value is -0.950. The molecule has 0 bridgehead atoms. The Labute approximate surface area is 71.2 Å². The van der Waals surface area contributed by atoms with Gasteiger partial charge in [-0.25, -0.2) is 0 Å². The maximum Gasteiger partial charge on any atom is 0.150 e. The molecule has 0 saturated carbocycles. The summed E-state index contributed by atoms with van der Waals surface area (Å²) < 4.78 is 11.5. The van der Waals surface area contributed by atoms with Crippen molar-refractivity contribution in [2.24, 2.45) is 0 Å². The molecule has 0 aromatic carbocycles. The Morgan fingerprint density at radius 2 is 2.17 bits per heavy atom. The van der Waals surface area contributed by atoms with Crippen LogP contribution in [0.5, 0.6) is 0 Å². The highest BCUT2D eigenvalue weighted by Gasteiger charge is 2.12. The minimum Gasteiger partial charge on any atom is -0.318 e. The summed E-state index contributed by atoms with van der Waals surface area (Å²) in [5, 5.41) is 0. The van der Waals surface area contributed by atoms with E-state index in [-0.39, 0.29) is 0 Å². The molecular weight excluding hydrogens is 173 g/mol. The molecule has 0 saturated heterocycles. The van der Waals surface area contributed by atoms with Crippen molar-refractivity contribution in [3.63, 3.8) is 0 Å². The Morgan fingerprint density at radius 3 is 2.67 bits per heavy atom. The highest BCUT2D eigenvalue weighted by Crippen LogP contribution is 2.33. The Morgan fingerprint density at radius 1 is 1.50 bits per heavy atom. The van der Waals surface area contributed by atoms with Crippen molar-refractivity contribution in [2.75, 3.05) is 13.3 Å². The van der Waals surface area contributed by atoms with Crippen molar-refractivity contribution in [1.82, 2.24) is 4.98 Å². The fourth-order valence-corrected chi connectivity index (χ4v) is 1.61. The fourth-order valence-electron chi connectivity index (χ4n) is 0.802. The standard InChI is InChI=1S/C8H10NO2P/c1-12(2,11)8-5-7(6-10)3-4-9-8/h3-6H,1-2H3. The van der Waals surface area contributed by atoms with E-state index in [4.69, 9.17) is 0 Å². The quantitative estimate of drug-likeness (QED) is 0.510. The first-order chi connectivity index (χ1) is 5.54. The molecule has 0 unspecified atom stereocenters. The van der Waals surface area contributed by atoms with Gasteiger partial charge in [0.25, 0.3) is 0 Å². The lowest BCUT2D eigenvalue weighted by Gasteiger charge is -2.04. The normalized spacial score (nSPS) is 11.2. The van der Waals surface area contributed by atoms with Gasteiger partial charge in [-0.15, -0.1) is 0 Å². The van der Waals surface area contributed by atoms with Gasteiger partial charge in [0, 0.05) is 11.8 Å². The smallest absolute Gasteiger partial charge is 0.150 e. The van der Waals surface area contributed by atoms with E-state index in [9.17, 15) is 9.36 Å². The highest BCUT2D eigenvalue weighted by molar-refractivity contribution is 7.69. The molecule has 0 amide bonds. The molecule has 1 aromatic heterocycles. The third-order valence-electron chi connectivity index (χ3n) is 1.46. The van der Waals surface area contributed by atoms with Gasteiger partial charge < -0.3 is 4.57 Å². The lowest BCUT2D eigenvalue weighted by molar-refractivity contribution is 0.112. The van der Waals surface area contributed by atoms with Gasteiger partial charge in [0.15, 0.2) is 0 Å². The summed E-state index contributed by atoms with van der Waals surface area (Å²) in [6.07, 6.45) is 2.22. The van der Waals surface area contributed by atoms with Crippen LogP contribution in [0.1, 0.15) is 10.4 Å². The number of aromatic nitrogens is 1. The summed E-state index contributed by atoms with van der Waals surface area (Å²) in [5.41, 5.74) is 1.02. The van der Waals surface area contributed by atoms with Crippen LogP contribution >= 0.6 is 7.14 Å². The predicted molar refractivity (Wildman–Crippen MR) is 48.7 cm³/mol. The largest absolute Gasteiger partial charge is 0.318 e. The van der Waals surface area contributed by atoms with E-state index in [2.05, 4.69) is 4.98 Å². The molecule has 1 heterocycles. The molecule has 0 aliphatic rings. The van der Waals surface area contributed by atoms with Crippen LogP contribution in [-0.2, 0) is 4.57 Å². The zero-order chi connectivity index (χ0) is 9.19. The number of carbonyl (C=O) groups excluding carboxylic acids is 1. The van der Waals surface area contributed by atoms with Crippen LogP contribution in [0.2, 0.25) is 0 Å². The van der Waals surface area contributed by atoms with Crippen LogP contribution in [0.3, 0.4) is 0 Å². The zero-order valence-corrected chi connectivity index (χ0v) is 7.91. The number of aldehydes is 1. The summed E-state index contributed by atoms with van der Waals surface area (Å²) in [4.78, 5) is 14.3. The maximum absolute atomic E-state index is 11.5. The Kier molecular flexibility index (Phi) is 2.43. The molecule has 1 rings (SSSR count). The van der Waals surface area contributed by atoms with Crippen molar-refractivity contribution < 1.29 is 9.36 Å². The number of pyridine rings is 1. The third-order valence-corrected chi connectivity index (χ3v) is 2.81. The summed E-state index contributed by atoms with van der Waals surface area (Å²) in [6, 6.07) is 3.15. The van der Waals surface area contributed by atoms with Crippen molar-refractivity contribution >= 4 is 18.9 Å². The second kappa shape index (κ2) is 3.20. The van der Waals surface area contributed by atoms with Gasteiger partial charge in [-0.3, -0.25) is 9.78 Å². The van der Waals surface area contributed by atoms with Gasteiger partial charge in [0.05, 0.1) is 0 Å². The molecule has 0 aliphatic carbocycles. The van der Waals surface area contributed by atoms with Crippen LogP contribution < -0.4 is 5.44 Å². The Bertz CT molecular complexity index is 343. The van der Waals surface area contributed by atoms with E-state index in [0.29, 0.717) is 11.0 Å². The first-order valence-corrected chi connectivity index (χ1v) is 6.11. The first kappa shape index (κ1) is 9.14. The van der Waals surface area contributed by atoms with Crippen LogP contribution in [-0.4, -0.2) is 24.6 Å². The average Bonchev–Trinajstić information content (AvgIpc) is 2.03. The number of nitrogens with zero attached hydrogens (tertiary/aromatic N) is 1. The van der Waals surface area contributed by atoms with E-state index in [1.807, 2.05) is 0 Å². The van der Waals surface area contributed by atoms with E-state index in [0.717, 1.165) is 6.29 Å². The lowest BCUT2D eigenvalue weighted by Crippen LogP contribution is -2.08. The van der Waals surface area contributed by atoms with Crippen molar-refractivity contribution in [2.45, 2.75) is 0 Å². The Balaban J connectivity index is 3.19. The first-order valence-electron chi connectivity index (χ1n) is 3.51. The van der Waals surface area contributed by atoms with Crippen LogP contribution in [0, 0.1) is 0 Å². The molecule has 0 fully saturated rings. The minimum absolute atomic E-state index is 0.507. The van der Waals surface area contributed by atoms with Crippen molar-refractivity contribution in [1.29, 1.82) is 0 Å². The molecule has 0 spiro atoms. The average molecular weight is 183 g/mol. The fraction of sp³-hybridized carbons (Fsp3) is 0.250. The predicted octanol–water partition coefficient (Wildman–Crippen LogP) is 1.14. The topological polar surface area (TPSA) is 47.0 Å². The summed E-state index contributed by atoms with van der Waals surface area (Å²) >= 11 is 0. The zero-order valence-electron chi connectivity index (χ0n) is 7.02. The van der Waals surface area contributed by atoms with Crippen molar-refractivity contribution in [3.8, 4) is 0 Å². The minimum atomic E-state index is -2.33. The number of carbonyl (C=O) groups is 1. The molecule has 12 heavy (non-hydrogen) atoms. The lowest BCUT2D eigenvalue weighted by atomic mass is 10.3. The molecule has 64 valence electrons. The van der Waals surface area contributed by atoms with Crippen LogP contribution in [0.25, 0.3) is 0 Å². The number of hydrogen-bond acceptors (Lipinski definition) is 3. The van der Waals surface area contributed by atoms with Gasteiger partial charge >= 0.3 is 0 Å². The van der Waals surface area contributed by atoms with Crippen LogP contribution in [0.15, 0.2) is 18.3 Å². The summed E-state index contributed by atoms with van der Waals surface area (Å²) in [5.74, 6) is 0. The van der Waals surface area contributed by atoms with E-state index in [1.165, 1.54) is 6.20 Å². The monoisotopic (exact) mass is 183 g/mol. The summed E-state index contributed by atoms with van der Waals surface area (Å²) in [6.45, 7) is 3.26. The molecule has 1 aromatic rings. The van der Waals surface area contributed by atoms with Crippen molar-refractivity contribution in [3.05, 3.63) is 23.9 Å². The second-order valence-electron chi connectivity index (χ2n) is 2.92. The number of hydrogen-bond donors (Lipinski definition) is 0. The molecule has 4 heteroatoms. The van der Waals surface area contributed by atoms with Gasteiger partial charge in [0.1, 0.15) is 18.9 Å². The highest BCUT2D eigenvalue weighted by atomic mass is 31.2. The molecular formula is C8H10NO2P.